The van der Waals surface area contributed by atoms with Gasteiger partial charge >= 0.3 is 0 Å². The summed E-state index contributed by atoms with van der Waals surface area (Å²) in [6, 6.07) is 13.2. The minimum atomic E-state index is -0.733. The second-order valence-electron chi connectivity index (χ2n) is 7.33. The van der Waals surface area contributed by atoms with Gasteiger partial charge in [0.05, 0.1) is 24.5 Å². The lowest BCUT2D eigenvalue weighted by molar-refractivity contribution is -0.116. The number of hydrogen-bond donors (Lipinski definition) is 1. The average molecular weight is 436 g/mol. The van der Waals surface area contributed by atoms with Gasteiger partial charge in [0.25, 0.3) is 0 Å². The highest BCUT2D eigenvalue weighted by Crippen LogP contribution is 2.24. The normalized spacial score (nSPS) is 11.0. The first kappa shape index (κ1) is 21.4. The molecule has 2 heterocycles. The Balaban J connectivity index is 1.34. The van der Waals surface area contributed by atoms with Crippen LogP contribution in [-0.2, 0) is 24.2 Å². The molecule has 0 saturated heterocycles. The molecule has 0 radical (unpaired) electrons. The topological polar surface area (TPSA) is 73.0 Å². The Hall–Kier alpha value is -3.81. The summed E-state index contributed by atoms with van der Waals surface area (Å²) < 4.78 is 34.2. The second-order valence-corrected chi connectivity index (χ2v) is 7.33. The third kappa shape index (κ3) is 5.08. The molecule has 0 saturated carbocycles. The monoisotopic (exact) mass is 436 g/mol. The number of rotatable bonds is 8. The van der Waals surface area contributed by atoms with Crippen molar-refractivity contribution in [3.05, 3.63) is 89.6 Å². The molecule has 0 atom stereocenters. The first-order valence-electron chi connectivity index (χ1n) is 10.3. The Labute approximate surface area is 183 Å². The van der Waals surface area contributed by atoms with Crippen LogP contribution in [0.1, 0.15) is 30.4 Å². The molecule has 0 aliphatic rings. The van der Waals surface area contributed by atoms with Crippen molar-refractivity contribution in [1.82, 2.24) is 14.8 Å². The maximum absolute atomic E-state index is 13.9. The molecule has 0 fully saturated rings. The summed E-state index contributed by atoms with van der Waals surface area (Å²) in [4.78, 5) is 16.5. The number of carbonyl (C=O) groups excluding carboxylic acids is 1. The van der Waals surface area contributed by atoms with E-state index in [1.54, 1.807) is 16.9 Å². The predicted octanol–water partition coefficient (Wildman–Crippen LogP) is 5.00. The van der Waals surface area contributed by atoms with E-state index in [2.05, 4.69) is 46.6 Å². The van der Waals surface area contributed by atoms with Crippen molar-refractivity contribution in [2.45, 2.75) is 32.7 Å². The van der Waals surface area contributed by atoms with Gasteiger partial charge in [0.15, 0.2) is 11.7 Å². The van der Waals surface area contributed by atoms with Gasteiger partial charge in [-0.2, -0.15) is 5.10 Å². The Kier molecular flexibility index (Phi) is 6.39. The Bertz CT molecular complexity index is 1210. The number of halogens is 2. The van der Waals surface area contributed by atoms with E-state index in [-0.39, 0.29) is 30.1 Å². The van der Waals surface area contributed by atoms with Crippen LogP contribution >= 0.6 is 0 Å². The van der Waals surface area contributed by atoms with Crippen molar-refractivity contribution in [1.29, 1.82) is 0 Å². The summed E-state index contributed by atoms with van der Waals surface area (Å²) in [5.41, 5.74) is 2.46. The lowest BCUT2D eigenvalue weighted by Crippen LogP contribution is -2.16. The lowest BCUT2D eigenvalue weighted by Gasteiger charge is -2.09. The van der Waals surface area contributed by atoms with Crippen molar-refractivity contribution in [3.8, 4) is 11.3 Å². The molecule has 4 rings (SSSR count). The maximum Gasteiger partial charge on any atom is 0.226 e. The molecule has 2 aromatic heterocycles. The van der Waals surface area contributed by atoms with Gasteiger partial charge in [-0.25, -0.2) is 18.4 Å². The molecule has 2 aromatic carbocycles. The quantitative estimate of drug-likeness (QED) is 0.422. The molecule has 0 aliphatic carbocycles. The van der Waals surface area contributed by atoms with E-state index < -0.39 is 11.6 Å². The number of carbonyl (C=O) groups is 1. The summed E-state index contributed by atoms with van der Waals surface area (Å²) in [5.74, 6) is -0.548. The van der Waals surface area contributed by atoms with Crippen LogP contribution in [0.15, 0.2) is 65.3 Å². The highest BCUT2D eigenvalue weighted by Gasteiger charge is 2.14. The SMILES string of the molecule is CCc1ccc(Cn2nccc2NC(=O)CCc2ncc(-c3ccc(F)cc3F)o2)cc1. The Morgan fingerprint density at radius 2 is 1.88 bits per heavy atom. The zero-order valence-corrected chi connectivity index (χ0v) is 17.5. The van der Waals surface area contributed by atoms with Gasteiger partial charge in [0.1, 0.15) is 17.5 Å². The molecular formula is C24H22F2N4O2. The molecule has 0 spiro atoms. The first-order chi connectivity index (χ1) is 15.5. The minimum Gasteiger partial charge on any atom is -0.441 e. The molecule has 0 unspecified atom stereocenters. The maximum atomic E-state index is 13.9. The van der Waals surface area contributed by atoms with Gasteiger partial charge in [0.2, 0.25) is 5.91 Å². The van der Waals surface area contributed by atoms with E-state index in [4.69, 9.17) is 4.42 Å². The summed E-state index contributed by atoms with van der Waals surface area (Å²) in [6.45, 7) is 2.65. The van der Waals surface area contributed by atoms with Crippen molar-refractivity contribution in [2.24, 2.45) is 0 Å². The third-order valence-corrected chi connectivity index (χ3v) is 5.06. The van der Waals surface area contributed by atoms with Crippen LogP contribution in [0.25, 0.3) is 11.3 Å². The van der Waals surface area contributed by atoms with Crippen LogP contribution in [0, 0.1) is 11.6 Å². The van der Waals surface area contributed by atoms with E-state index in [9.17, 15) is 13.6 Å². The zero-order valence-electron chi connectivity index (χ0n) is 17.5. The molecular weight excluding hydrogens is 414 g/mol. The van der Waals surface area contributed by atoms with Crippen molar-refractivity contribution < 1.29 is 18.0 Å². The molecule has 1 amide bonds. The number of anilines is 1. The fraction of sp³-hybridized carbons (Fsp3) is 0.208. The highest BCUT2D eigenvalue weighted by molar-refractivity contribution is 5.89. The summed E-state index contributed by atoms with van der Waals surface area (Å²) in [5, 5.41) is 7.13. The fourth-order valence-corrected chi connectivity index (χ4v) is 3.28. The smallest absolute Gasteiger partial charge is 0.226 e. The summed E-state index contributed by atoms with van der Waals surface area (Å²) in [7, 11) is 0. The average Bonchev–Trinajstić information content (AvgIpc) is 3.42. The van der Waals surface area contributed by atoms with Gasteiger partial charge in [-0.3, -0.25) is 4.79 Å². The van der Waals surface area contributed by atoms with Crippen LogP contribution < -0.4 is 5.32 Å². The van der Waals surface area contributed by atoms with Crippen LogP contribution in [-0.4, -0.2) is 20.7 Å². The predicted molar refractivity (Wildman–Crippen MR) is 116 cm³/mol. The van der Waals surface area contributed by atoms with E-state index >= 15 is 0 Å². The number of oxazole rings is 1. The van der Waals surface area contributed by atoms with Crippen molar-refractivity contribution in [3.63, 3.8) is 0 Å². The van der Waals surface area contributed by atoms with Crippen LogP contribution in [0.5, 0.6) is 0 Å². The van der Waals surface area contributed by atoms with Crippen molar-refractivity contribution in [2.75, 3.05) is 5.32 Å². The number of aryl methyl sites for hydroxylation is 2. The van der Waals surface area contributed by atoms with E-state index in [0.29, 0.717) is 18.3 Å². The fourth-order valence-electron chi connectivity index (χ4n) is 3.28. The molecule has 4 aromatic rings. The van der Waals surface area contributed by atoms with Crippen molar-refractivity contribution >= 4 is 11.7 Å². The van der Waals surface area contributed by atoms with Gasteiger partial charge in [-0.1, -0.05) is 31.2 Å². The Morgan fingerprint density at radius 1 is 1.09 bits per heavy atom. The molecule has 32 heavy (non-hydrogen) atoms. The largest absolute Gasteiger partial charge is 0.441 e. The number of benzene rings is 2. The van der Waals surface area contributed by atoms with Gasteiger partial charge in [-0.15, -0.1) is 0 Å². The standard InChI is InChI=1S/C24H22F2N4O2/c1-2-16-3-5-17(6-4-16)15-30-22(11-12-28-30)29-23(31)9-10-24-27-14-21(32-24)19-8-7-18(25)13-20(19)26/h3-8,11-14H,2,9-10,15H2,1H3,(H,29,31). The summed E-state index contributed by atoms with van der Waals surface area (Å²) >= 11 is 0. The van der Waals surface area contributed by atoms with Gasteiger partial charge in [-0.05, 0) is 29.7 Å². The first-order valence-corrected chi connectivity index (χ1v) is 10.3. The number of nitrogens with one attached hydrogen (secondary N) is 1. The van der Waals surface area contributed by atoms with E-state index in [1.165, 1.54) is 17.8 Å². The van der Waals surface area contributed by atoms with Crippen LogP contribution in [0.4, 0.5) is 14.6 Å². The summed E-state index contributed by atoms with van der Waals surface area (Å²) in [6.07, 6.45) is 4.34. The third-order valence-electron chi connectivity index (χ3n) is 5.06. The van der Waals surface area contributed by atoms with Gasteiger partial charge in [0, 0.05) is 25.0 Å². The number of nitrogens with zero attached hydrogens (tertiary/aromatic N) is 3. The molecule has 1 N–H and O–H groups in total. The zero-order chi connectivity index (χ0) is 22.5. The molecule has 8 heteroatoms. The van der Waals surface area contributed by atoms with Gasteiger partial charge < -0.3 is 9.73 Å². The number of hydrogen-bond acceptors (Lipinski definition) is 4. The minimum absolute atomic E-state index is 0.116. The van der Waals surface area contributed by atoms with E-state index in [0.717, 1.165) is 24.1 Å². The van der Waals surface area contributed by atoms with E-state index in [1.807, 2.05) is 0 Å². The molecule has 0 bridgehead atoms. The lowest BCUT2D eigenvalue weighted by atomic mass is 10.1. The molecule has 0 aliphatic heterocycles. The molecule has 6 nitrogen and oxygen atoms in total. The second kappa shape index (κ2) is 9.55. The number of amides is 1. The van der Waals surface area contributed by atoms with Crippen LogP contribution in [0.2, 0.25) is 0 Å². The highest BCUT2D eigenvalue weighted by atomic mass is 19.1. The molecule has 164 valence electrons. The Morgan fingerprint density at radius 3 is 2.62 bits per heavy atom. The number of aromatic nitrogens is 3. The van der Waals surface area contributed by atoms with Crippen LogP contribution in [0.3, 0.4) is 0 Å².